The van der Waals surface area contributed by atoms with E-state index in [-0.39, 0.29) is 16.8 Å². The van der Waals surface area contributed by atoms with Gasteiger partial charge < -0.3 is 15.2 Å². The third-order valence-electron chi connectivity index (χ3n) is 5.33. The Kier molecular flexibility index (Phi) is 5.74. The molecule has 4 rings (SSSR count). The zero-order chi connectivity index (χ0) is 23.0. The molecule has 1 aromatic carbocycles. The summed E-state index contributed by atoms with van der Waals surface area (Å²) >= 11 is 0. The second kappa shape index (κ2) is 8.36. The molecule has 0 fully saturated rings. The topological polar surface area (TPSA) is 118 Å². The SMILES string of the molecule is Cc1c(-c2ccnc(Nc3ccc(S(=O)(=O)NC(C)C)cc3)n2)c(C)n2c1C(=O)NCC2. The maximum absolute atomic E-state index is 12.3. The van der Waals surface area contributed by atoms with Crippen LogP contribution >= 0.6 is 0 Å². The highest BCUT2D eigenvalue weighted by molar-refractivity contribution is 7.89. The number of sulfonamides is 1. The summed E-state index contributed by atoms with van der Waals surface area (Å²) in [5.41, 5.74) is 4.84. The predicted molar refractivity (Wildman–Crippen MR) is 122 cm³/mol. The van der Waals surface area contributed by atoms with Gasteiger partial charge in [-0.3, -0.25) is 4.79 Å². The van der Waals surface area contributed by atoms with Crippen LogP contribution in [0.25, 0.3) is 11.3 Å². The van der Waals surface area contributed by atoms with Gasteiger partial charge in [0, 0.05) is 42.3 Å². The molecule has 3 aromatic rings. The number of hydrogen-bond acceptors (Lipinski definition) is 6. The Balaban J connectivity index is 1.61. The second-order valence-electron chi connectivity index (χ2n) is 8.03. The minimum Gasteiger partial charge on any atom is -0.349 e. The van der Waals surface area contributed by atoms with E-state index in [1.165, 1.54) is 12.1 Å². The molecule has 10 heteroatoms. The van der Waals surface area contributed by atoms with Crippen LogP contribution < -0.4 is 15.4 Å². The fourth-order valence-corrected chi connectivity index (χ4v) is 5.24. The number of hydrogen-bond donors (Lipinski definition) is 3. The standard InChI is InChI=1S/C22H26N6O3S/c1-13(2)27-32(30,31)17-7-5-16(6-8-17)25-22-24-10-9-18(26-22)19-14(3)20-21(29)23-11-12-28(20)15(19)4/h5-10,13,27H,11-12H2,1-4H3,(H,23,29)(H,24,25,26). The normalized spacial score (nSPS) is 13.7. The van der Waals surface area contributed by atoms with Gasteiger partial charge in [0.25, 0.3) is 5.91 Å². The minimum atomic E-state index is -3.55. The Hall–Kier alpha value is -3.24. The highest BCUT2D eigenvalue weighted by Crippen LogP contribution is 2.32. The van der Waals surface area contributed by atoms with E-state index in [9.17, 15) is 13.2 Å². The number of benzene rings is 1. The third kappa shape index (κ3) is 4.11. The molecule has 0 saturated heterocycles. The van der Waals surface area contributed by atoms with Crippen molar-refractivity contribution in [1.82, 2.24) is 24.6 Å². The van der Waals surface area contributed by atoms with Gasteiger partial charge in [-0.25, -0.2) is 23.1 Å². The Morgan fingerprint density at radius 2 is 1.84 bits per heavy atom. The first kappa shape index (κ1) is 22.0. The monoisotopic (exact) mass is 454 g/mol. The lowest BCUT2D eigenvalue weighted by molar-refractivity contribution is 0.0926. The van der Waals surface area contributed by atoms with Crippen molar-refractivity contribution >= 4 is 27.6 Å². The van der Waals surface area contributed by atoms with Crippen LogP contribution in [-0.2, 0) is 16.6 Å². The predicted octanol–water partition coefficient (Wildman–Crippen LogP) is 2.74. The Morgan fingerprint density at radius 1 is 1.12 bits per heavy atom. The van der Waals surface area contributed by atoms with Crippen molar-refractivity contribution in [3.8, 4) is 11.3 Å². The molecule has 0 unspecified atom stereocenters. The maximum Gasteiger partial charge on any atom is 0.268 e. The van der Waals surface area contributed by atoms with Gasteiger partial charge in [-0.2, -0.15) is 0 Å². The van der Waals surface area contributed by atoms with Crippen molar-refractivity contribution in [2.24, 2.45) is 0 Å². The van der Waals surface area contributed by atoms with E-state index in [4.69, 9.17) is 0 Å². The number of fused-ring (bicyclic) bond motifs is 1. The fourth-order valence-electron chi connectivity index (χ4n) is 3.99. The van der Waals surface area contributed by atoms with Gasteiger partial charge in [-0.1, -0.05) is 0 Å². The summed E-state index contributed by atoms with van der Waals surface area (Å²) in [5.74, 6) is 0.309. The zero-order valence-corrected chi connectivity index (χ0v) is 19.2. The summed E-state index contributed by atoms with van der Waals surface area (Å²) in [5, 5.41) is 6.01. The number of amides is 1. The first-order valence-corrected chi connectivity index (χ1v) is 11.9. The van der Waals surface area contributed by atoms with E-state index in [0.29, 0.717) is 29.6 Å². The summed E-state index contributed by atoms with van der Waals surface area (Å²) in [6.45, 7) is 8.80. The Morgan fingerprint density at radius 3 is 2.50 bits per heavy atom. The van der Waals surface area contributed by atoms with E-state index < -0.39 is 10.0 Å². The largest absolute Gasteiger partial charge is 0.349 e. The van der Waals surface area contributed by atoms with Crippen LogP contribution in [0.2, 0.25) is 0 Å². The molecular formula is C22H26N6O3S. The molecule has 32 heavy (non-hydrogen) atoms. The molecule has 0 saturated carbocycles. The van der Waals surface area contributed by atoms with Crippen molar-refractivity contribution in [1.29, 1.82) is 0 Å². The molecular weight excluding hydrogens is 428 g/mol. The number of anilines is 2. The molecule has 2 aromatic heterocycles. The molecule has 1 aliphatic heterocycles. The number of aromatic nitrogens is 3. The van der Waals surface area contributed by atoms with Crippen LogP contribution in [0.1, 0.15) is 35.6 Å². The van der Waals surface area contributed by atoms with Gasteiger partial charge in [0.15, 0.2) is 0 Å². The van der Waals surface area contributed by atoms with Crippen LogP contribution in [-0.4, -0.2) is 41.4 Å². The lowest BCUT2D eigenvalue weighted by atomic mass is 10.1. The van der Waals surface area contributed by atoms with E-state index >= 15 is 0 Å². The molecule has 1 amide bonds. The quantitative estimate of drug-likeness (QED) is 0.527. The van der Waals surface area contributed by atoms with Gasteiger partial charge >= 0.3 is 0 Å². The van der Waals surface area contributed by atoms with Crippen LogP contribution in [0.15, 0.2) is 41.4 Å². The lowest BCUT2D eigenvalue weighted by Crippen LogP contribution is -2.35. The van der Waals surface area contributed by atoms with Gasteiger partial charge in [0.1, 0.15) is 5.69 Å². The first-order chi connectivity index (χ1) is 15.2. The number of nitrogens with zero attached hydrogens (tertiary/aromatic N) is 3. The summed E-state index contributed by atoms with van der Waals surface area (Å²) < 4.78 is 29.2. The average molecular weight is 455 g/mol. The molecule has 168 valence electrons. The first-order valence-electron chi connectivity index (χ1n) is 10.4. The van der Waals surface area contributed by atoms with Gasteiger partial charge in [-0.15, -0.1) is 0 Å². The lowest BCUT2D eigenvalue weighted by Gasteiger charge is -2.17. The number of nitrogens with one attached hydrogen (secondary N) is 3. The van der Waals surface area contributed by atoms with E-state index in [1.807, 2.05) is 24.5 Å². The van der Waals surface area contributed by atoms with E-state index in [0.717, 1.165) is 23.4 Å². The van der Waals surface area contributed by atoms with Crippen molar-refractivity contribution in [2.75, 3.05) is 11.9 Å². The van der Waals surface area contributed by atoms with Crippen molar-refractivity contribution in [3.63, 3.8) is 0 Å². The van der Waals surface area contributed by atoms with Gasteiger partial charge in [-0.05, 0) is 63.6 Å². The minimum absolute atomic E-state index is 0.0718. The number of carbonyl (C=O) groups is 1. The molecule has 0 bridgehead atoms. The summed E-state index contributed by atoms with van der Waals surface area (Å²) in [6, 6.07) is 8.03. The van der Waals surface area contributed by atoms with Crippen LogP contribution in [0.3, 0.4) is 0 Å². The summed E-state index contributed by atoms with van der Waals surface area (Å²) in [4.78, 5) is 21.5. The van der Waals surface area contributed by atoms with Gasteiger partial charge in [0.2, 0.25) is 16.0 Å². The van der Waals surface area contributed by atoms with Crippen molar-refractivity contribution in [3.05, 3.63) is 53.5 Å². The molecule has 9 nitrogen and oxygen atoms in total. The van der Waals surface area contributed by atoms with Crippen LogP contribution in [0.5, 0.6) is 0 Å². The Bertz CT molecular complexity index is 1280. The molecule has 3 heterocycles. The van der Waals surface area contributed by atoms with Crippen molar-refractivity contribution in [2.45, 2.75) is 45.2 Å². The maximum atomic E-state index is 12.3. The summed E-state index contributed by atoms with van der Waals surface area (Å²) in [6.07, 6.45) is 1.66. The third-order valence-corrected chi connectivity index (χ3v) is 7.00. The van der Waals surface area contributed by atoms with E-state index in [2.05, 4.69) is 25.3 Å². The molecule has 0 radical (unpaired) electrons. The summed E-state index contributed by atoms with van der Waals surface area (Å²) in [7, 11) is -3.55. The average Bonchev–Trinajstić information content (AvgIpc) is 2.99. The number of rotatable bonds is 6. The molecule has 0 atom stereocenters. The molecule has 3 N–H and O–H groups in total. The molecule has 0 aliphatic carbocycles. The van der Waals surface area contributed by atoms with Crippen molar-refractivity contribution < 1.29 is 13.2 Å². The number of carbonyl (C=O) groups excluding carboxylic acids is 1. The highest BCUT2D eigenvalue weighted by atomic mass is 32.2. The van der Waals surface area contributed by atoms with Gasteiger partial charge in [0.05, 0.1) is 10.6 Å². The van der Waals surface area contributed by atoms with Crippen LogP contribution in [0.4, 0.5) is 11.6 Å². The fraction of sp³-hybridized carbons (Fsp3) is 0.318. The highest BCUT2D eigenvalue weighted by Gasteiger charge is 2.26. The molecule has 0 spiro atoms. The second-order valence-corrected chi connectivity index (χ2v) is 9.75. The van der Waals surface area contributed by atoms with Crippen LogP contribution in [0, 0.1) is 13.8 Å². The van der Waals surface area contributed by atoms with E-state index in [1.54, 1.807) is 32.2 Å². The Labute approximate surface area is 187 Å². The zero-order valence-electron chi connectivity index (χ0n) is 18.4. The smallest absolute Gasteiger partial charge is 0.268 e. The molecule has 1 aliphatic rings.